The number of amides is 3. The molecule has 0 fully saturated rings. The van der Waals surface area contributed by atoms with Crippen LogP contribution < -0.4 is 16.0 Å². The summed E-state index contributed by atoms with van der Waals surface area (Å²) in [6.07, 6.45) is 2.29. The summed E-state index contributed by atoms with van der Waals surface area (Å²) in [5, 5.41) is 7.92. The monoisotopic (exact) mass is 363 g/mol. The molecule has 3 N–H and O–H groups in total. The Hall–Kier alpha value is -2.60. The Labute approximate surface area is 150 Å². The van der Waals surface area contributed by atoms with Gasteiger partial charge in [0, 0.05) is 23.5 Å². The lowest BCUT2D eigenvalue weighted by molar-refractivity contribution is -0.116. The minimum Gasteiger partial charge on any atom is -0.326 e. The molecule has 7 heteroatoms. The molecule has 0 heterocycles. The highest BCUT2D eigenvalue weighted by atomic mass is 35.5. The third kappa shape index (κ3) is 6.08. The molecule has 0 aliphatic heterocycles. The quantitative estimate of drug-likeness (QED) is 0.655. The van der Waals surface area contributed by atoms with E-state index in [0.29, 0.717) is 23.5 Å². The summed E-state index contributed by atoms with van der Waals surface area (Å²) in [5.74, 6) is -0.585. The molecule has 0 saturated heterocycles. The van der Waals surface area contributed by atoms with Crippen molar-refractivity contribution in [3.05, 3.63) is 53.3 Å². The van der Waals surface area contributed by atoms with Crippen molar-refractivity contribution in [3.8, 4) is 0 Å². The van der Waals surface area contributed by atoms with Gasteiger partial charge in [-0.05, 0) is 48.9 Å². The Morgan fingerprint density at radius 1 is 0.960 bits per heavy atom. The van der Waals surface area contributed by atoms with Gasteiger partial charge in [-0.15, -0.1) is 0 Å². The van der Waals surface area contributed by atoms with E-state index in [4.69, 9.17) is 11.6 Å². The Kier molecular flexibility index (Phi) is 6.77. The number of hydrogen-bond donors (Lipinski definition) is 3. The first kappa shape index (κ1) is 18.7. The smallest absolute Gasteiger partial charge is 0.323 e. The number of hydrogen-bond acceptors (Lipinski definition) is 2. The Bertz CT molecular complexity index is 750. The fourth-order valence-corrected chi connectivity index (χ4v) is 2.25. The highest BCUT2D eigenvalue weighted by Gasteiger charge is 2.06. The highest BCUT2D eigenvalue weighted by Crippen LogP contribution is 2.20. The van der Waals surface area contributed by atoms with Gasteiger partial charge in [0.05, 0.1) is 5.02 Å². The summed E-state index contributed by atoms with van der Waals surface area (Å²) in [5.41, 5.74) is 1.60. The van der Waals surface area contributed by atoms with Gasteiger partial charge in [-0.2, -0.15) is 0 Å². The molecule has 2 rings (SSSR count). The lowest BCUT2D eigenvalue weighted by Crippen LogP contribution is -2.19. The van der Waals surface area contributed by atoms with Crippen LogP contribution in [0, 0.1) is 5.82 Å². The molecule has 0 spiro atoms. The van der Waals surface area contributed by atoms with Gasteiger partial charge in [0.25, 0.3) is 0 Å². The molecule has 0 unspecified atom stereocenters. The van der Waals surface area contributed by atoms with Gasteiger partial charge in [0.15, 0.2) is 0 Å². The van der Waals surface area contributed by atoms with Gasteiger partial charge in [0.1, 0.15) is 5.82 Å². The molecule has 5 nitrogen and oxygen atoms in total. The predicted octanol–water partition coefficient (Wildman–Crippen LogP) is 5.25. The first-order valence-electron chi connectivity index (χ1n) is 7.91. The van der Waals surface area contributed by atoms with Crippen molar-refractivity contribution in [3.63, 3.8) is 0 Å². The summed E-state index contributed by atoms with van der Waals surface area (Å²) >= 11 is 5.67. The fraction of sp³-hybridized carbons (Fsp3) is 0.222. The maximum atomic E-state index is 13.1. The van der Waals surface area contributed by atoms with E-state index in [2.05, 4.69) is 16.0 Å². The molecule has 2 aromatic rings. The third-order valence-electron chi connectivity index (χ3n) is 3.36. The Morgan fingerprint density at radius 2 is 1.52 bits per heavy atom. The van der Waals surface area contributed by atoms with Gasteiger partial charge >= 0.3 is 6.03 Å². The first-order chi connectivity index (χ1) is 12.0. The molecule has 2 aromatic carbocycles. The molecule has 0 bridgehead atoms. The lowest BCUT2D eigenvalue weighted by atomic mass is 10.2. The normalized spacial score (nSPS) is 10.2. The van der Waals surface area contributed by atoms with Crippen LogP contribution in [0.2, 0.25) is 5.02 Å². The second-order valence-corrected chi connectivity index (χ2v) is 5.84. The van der Waals surface area contributed by atoms with E-state index in [1.54, 1.807) is 24.3 Å². The maximum absolute atomic E-state index is 13.1. The van der Waals surface area contributed by atoms with E-state index in [-0.39, 0.29) is 10.9 Å². The second kappa shape index (κ2) is 9.03. The van der Waals surface area contributed by atoms with Crippen molar-refractivity contribution >= 4 is 40.6 Å². The summed E-state index contributed by atoms with van der Waals surface area (Å²) in [7, 11) is 0. The SMILES string of the molecule is CCCCC(=O)Nc1ccc(NC(=O)Nc2ccc(F)c(Cl)c2)cc1. The number of anilines is 3. The van der Waals surface area contributed by atoms with Crippen LogP contribution in [0.25, 0.3) is 0 Å². The average molecular weight is 364 g/mol. The molecule has 25 heavy (non-hydrogen) atoms. The zero-order chi connectivity index (χ0) is 18.2. The molecule has 0 aliphatic carbocycles. The fourth-order valence-electron chi connectivity index (χ4n) is 2.07. The van der Waals surface area contributed by atoms with E-state index in [1.165, 1.54) is 18.2 Å². The van der Waals surface area contributed by atoms with E-state index < -0.39 is 11.8 Å². The number of carbonyl (C=O) groups excluding carboxylic acids is 2. The lowest BCUT2D eigenvalue weighted by Gasteiger charge is -2.09. The van der Waals surface area contributed by atoms with E-state index >= 15 is 0 Å². The predicted molar refractivity (Wildman–Crippen MR) is 98.6 cm³/mol. The number of halogens is 2. The molecular weight excluding hydrogens is 345 g/mol. The van der Waals surface area contributed by atoms with Crippen LogP contribution >= 0.6 is 11.6 Å². The van der Waals surface area contributed by atoms with Crippen LogP contribution in [0.3, 0.4) is 0 Å². The largest absolute Gasteiger partial charge is 0.326 e. The van der Waals surface area contributed by atoms with Crippen LogP contribution in [0.5, 0.6) is 0 Å². The van der Waals surface area contributed by atoms with Crippen LogP contribution in [0.1, 0.15) is 26.2 Å². The zero-order valence-electron chi connectivity index (χ0n) is 13.7. The number of carbonyl (C=O) groups is 2. The molecule has 0 aliphatic rings. The summed E-state index contributed by atoms with van der Waals surface area (Å²) in [4.78, 5) is 23.6. The molecular formula is C18H19ClFN3O2. The zero-order valence-corrected chi connectivity index (χ0v) is 14.5. The number of benzene rings is 2. The highest BCUT2D eigenvalue weighted by molar-refractivity contribution is 6.31. The molecule has 0 atom stereocenters. The minimum atomic E-state index is -0.552. The van der Waals surface area contributed by atoms with Crippen LogP contribution in [-0.2, 0) is 4.79 Å². The molecule has 3 amide bonds. The standard InChI is InChI=1S/C18H19ClFN3O2/c1-2-3-4-17(24)21-12-5-7-13(8-6-12)22-18(25)23-14-9-10-16(20)15(19)11-14/h5-11H,2-4H2,1H3,(H,21,24)(H2,22,23,25). The molecule has 0 saturated carbocycles. The van der Waals surface area contributed by atoms with Gasteiger partial charge in [-0.25, -0.2) is 9.18 Å². The van der Waals surface area contributed by atoms with E-state index in [9.17, 15) is 14.0 Å². The van der Waals surface area contributed by atoms with Crippen molar-refractivity contribution in [2.24, 2.45) is 0 Å². The van der Waals surface area contributed by atoms with Crippen molar-refractivity contribution in [1.82, 2.24) is 0 Å². The molecule has 0 radical (unpaired) electrons. The second-order valence-electron chi connectivity index (χ2n) is 5.44. The van der Waals surface area contributed by atoms with Crippen LogP contribution in [0.15, 0.2) is 42.5 Å². The average Bonchev–Trinajstić information content (AvgIpc) is 2.58. The summed E-state index contributed by atoms with van der Waals surface area (Å²) < 4.78 is 13.1. The van der Waals surface area contributed by atoms with Gasteiger partial charge < -0.3 is 16.0 Å². The van der Waals surface area contributed by atoms with Gasteiger partial charge in [-0.3, -0.25) is 4.79 Å². The number of nitrogens with one attached hydrogen (secondary N) is 3. The molecule has 0 aromatic heterocycles. The third-order valence-corrected chi connectivity index (χ3v) is 3.65. The van der Waals surface area contributed by atoms with E-state index in [0.717, 1.165) is 12.8 Å². The molecule has 132 valence electrons. The minimum absolute atomic E-state index is 0.0338. The van der Waals surface area contributed by atoms with Crippen molar-refractivity contribution in [2.45, 2.75) is 26.2 Å². The van der Waals surface area contributed by atoms with Crippen molar-refractivity contribution in [2.75, 3.05) is 16.0 Å². The van der Waals surface area contributed by atoms with Gasteiger partial charge in [-0.1, -0.05) is 24.9 Å². The van der Waals surface area contributed by atoms with Crippen molar-refractivity contribution in [1.29, 1.82) is 0 Å². The topological polar surface area (TPSA) is 70.2 Å². The number of rotatable bonds is 6. The Morgan fingerprint density at radius 3 is 2.12 bits per heavy atom. The van der Waals surface area contributed by atoms with Crippen molar-refractivity contribution < 1.29 is 14.0 Å². The van der Waals surface area contributed by atoms with Gasteiger partial charge in [0.2, 0.25) is 5.91 Å². The first-order valence-corrected chi connectivity index (χ1v) is 8.28. The van der Waals surface area contributed by atoms with Crippen LogP contribution in [-0.4, -0.2) is 11.9 Å². The Balaban J connectivity index is 1.88. The van der Waals surface area contributed by atoms with Crippen LogP contribution in [0.4, 0.5) is 26.2 Å². The van der Waals surface area contributed by atoms with E-state index in [1.807, 2.05) is 6.92 Å². The summed E-state index contributed by atoms with van der Waals surface area (Å²) in [6, 6.07) is 10.2. The maximum Gasteiger partial charge on any atom is 0.323 e. The number of unbranched alkanes of at least 4 members (excludes halogenated alkanes) is 1. The summed E-state index contributed by atoms with van der Waals surface area (Å²) in [6.45, 7) is 2.03. The number of urea groups is 1.